The van der Waals surface area contributed by atoms with Crippen LogP contribution in [0.3, 0.4) is 0 Å². The van der Waals surface area contributed by atoms with Gasteiger partial charge in [0.2, 0.25) is 0 Å². The lowest BCUT2D eigenvalue weighted by molar-refractivity contribution is 0.111. The minimum atomic E-state index is -0.730. The smallest absolute Gasteiger partial charge is 0.314 e. The molecule has 4 atom stereocenters. The number of likely N-dealkylation sites (N-methyl/N-ethyl adjacent to an activating group) is 1. The van der Waals surface area contributed by atoms with Crippen LogP contribution in [-0.4, -0.2) is 60.0 Å². The molecule has 7 rings (SSSR count). The highest BCUT2D eigenvalue weighted by atomic mass is 32.1. The minimum absolute atomic E-state index is 0.000816. The highest BCUT2D eigenvalue weighted by Gasteiger charge is 2.37. The predicted molar refractivity (Wildman–Crippen MR) is 155 cm³/mol. The van der Waals surface area contributed by atoms with Crippen molar-refractivity contribution in [2.24, 2.45) is 5.92 Å². The summed E-state index contributed by atoms with van der Waals surface area (Å²) in [5.74, 6) is -1.19. The molecule has 5 heterocycles. The fraction of sp³-hybridized carbons (Fsp3) is 0.433. The molecular formula is C30H29F2N5O4S. The number of benzene rings is 2. The number of anilines is 1. The molecule has 0 radical (unpaired) electrons. The Morgan fingerprint density at radius 3 is 2.81 bits per heavy atom. The average molecular weight is 594 g/mol. The molecule has 0 aliphatic carbocycles. The van der Waals surface area contributed by atoms with Crippen molar-refractivity contribution in [3.63, 3.8) is 0 Å². The van der Waals surface area contributed by atoms with Gasteiger partial charge in [0, 0.05) is 29.5 Å². The quantitative estimate of drug-likeness (QED) is 0.350. The molecular weight excluding hydrogens is 564 g/mol. The first-order chi connectivity index (χ1) is 20.3. The van der Waals surface area contributed by atoms with E-state index in [9.17, 15) is 14.4 Å². The Labute approximate surface area is 244 Å². The standard InChI is InChI=1S/C30H29F2N5O4S/c1-14(20-4-3-8-36(20)2)41-29-30(38)37-21(15-7-9-39-12-15)13-40-22-10-17(24(32)25(35-29)26(22)37)16-5-6-19(31)27-23(16)18(11-33)28(34)42-27/h5-6,10,14-15,20-21H,3-4,7-9,12-13,34H2,1-2H3/t14-,15?,20-,21?/m0/s1. The molecule has 2 saturated heterocycles. The Balaban J connectivity index is 1.47. The lowest BCUT2D eigenvalue weighted by Gasteiger charge is -2.32. The number of nitriles is 1. The van der Waals surface area contributed by atoms with E-state index in [-0.39, 0.29) is 79.1 Å². The van der Waals surface area contributed by atoms with Gasteiger partial charge in [0.05, 0.1) is 22.9 Å². The number of nitrogens with zero attached hydrogens (tertiary/aromatic N) is 4. The maximum Gasteiger partial charge on any atom is 0.314 e. The molecule has 0 bridgehead atoms. The number of halogens is 2. The van der Waals surface area contributed by atoms with Crippen LogP contribution >= 0.6 is 11.3 Å². The Morgan fingerprint density at radius 1 is 1.26 bits per heavy atom. The van der Waals surface area contributed by atoms with E-state index in [0.717, 1.165) is 37.1 Å². The first-order valence-electron chi connectivity index (χ1n) is 14.1. The molecule has 4 aromatic rings. The molecule has 2 N–H and O–H groups in total. The molecule has 0 saturated carbocycles. The third kappa shape index (κ3) is 4.06. The predicted octanol–water partition coefficient (Wildman–Crippen LogP) is 4.84. The summed E-state index contributed by atoms with van der Waals surface area (Å²) in [4.78, 5) is 20.7. The maximum absolute atomic E-state index is 16.7. The van der Waals surface area contributed by atoms with E-state index in [1.54, 1.807) is 4.57 Å². The zero-order valence-corrected chi connectivity index (χ0v) is 24.0. The summed E-state index contributed by atoms with van der Waals surface area (Å²) in [5, 5.41) is 10.2. The highest BCUT2D eigenvalue weighted by molar-refractivity contribution is 7.23. The van der Waals surface area contributed by atoms with E-state index in [0.29, 0.717) is 13.2 Å². The molecule has 0 amide bonds. The van der Waals surface area contributed by atoms with Gasteiger partial charge in [-0.2, -0.15) is 5.26 Å². The van der Waals surface area contributed by atoms with Crippen LogP contribution in [0.5, 0.6) is 11.6 Å². The summed E-state index contributed by atoms with van der Waals surface area (Å²) in [5.41, 5.74) is 6.18. The minimum Gasteiger partial charge on any atom is -0.489 e. The zero-order chi connectivity index (χ0) is 29.3. The molecule has 2 aromatic carbocycles. The highest BCUT2D eigenvalue weighted by Crippen LogP contribution is 2.45. The van der Waals surface area contributed by atoms with Gasteiger partial charge in [-0.3, -0.25) is 14.3 Å². The summed E-state index contributed by atoms with van der Waals surface area (Å²) in [6.07, 6.45) is 2.33. The molecule has 2 aromatic heterocycles. The molecule has 42 heavy (non-hydrogen) atoms. The lowest BCUT2D eigenvalue weighted by Crippen LogP contribution is -2.41. The summed E-state index contributed by atoms with van der Waals surface area (Å²) in [6, 6.07) is 5.88. The van der Waals surface area contributed by atoms with Gasteiger partial charge in [0.25, 0.3) is 5.88 Å². The third-order valence-electron chi connectivity index (χ3n) is 8.92. The van der Waals surface area contributed by atoms with Crippen LogP contribution in [0.1, 0.15) is 37.8 Å². The van der Waals surface area contributed by atoms with Gasteiger partial charge in [-0.25, -0.2) is 13.8 Å². The van der Waals surface area contributed by atoms with Gasteiger partial charge in [0.1, 0.15) is 46.4 Å². The molecule has 2 fully saturated rings. The Morgan fingerprint density at radius 2 is 2.10 bits per heavy atom. The Bertz CT molecular complexity index is 1840. The number of fused-ring (bicyclic) bond motifs is 1. The first kappa shape index (κ1) is 27.1. The normalized spacial score (nSPS) is 22.9. The van der Waals surface area contributed by atoms with Crippen molar-refractivity contribution in [3.8, 4) is 28.8 Å². The number of nitrogens with two attached hydrogens (primary N) is 1. The van der Waals surface area contributed by atoms with Crippen molar-refractivity contribution in [1.29, 1.82) is 5.26 Å². The van der Waals surface area contributed by atoms with E-state index in [1.165, 1.54) is 18.2 Å². The fourth-order valence-corrected chi connectivity index (χ4v) is 7.71. The number of hydrogen-bond acceptors (Lipinski definition) is 9. The van der Waals surface area contributed by atoms with Crippen LogP contribution in [0.15, 0.2) is 23.0 Å². The van der Waals surface area contributed by atoms with Gasteiger partial charge in [-0.1, -0.05) is 6.07 Å². The number of ether oxygens (including phenoxy) is 3. The average Bonchev–Trinajstić information content (AvgIpc) is 3.73. The van der Waals surface area contributed by atoms with E-state index >= 15 is 4.39 Å². The second kappa shape index (κ2) is 10.2. The van der Waals surface area contributed by atoms with Crippen LogP contribution in [0.4, 0.5) is 13.8 Å². The third-order valence-corrected chi connectivity index (χ3v) is 9.95. The van der Waals surface area contributed by atoms with E-state index < -0.39 is 23.2 Å². The van der Waals surface area contributed by atoms with Crippen LogP contribution in [0, 0.1) is 28.9 Å². The molecule has 2 unspecified atom stereocenters. The van der Waals surface area contributed by atoms with E-state index in [2.05, 4.69) is 9.88 Å². The second-order valence-corrected chi connectivity index (χ2v) is 12.3. The number of nitrogen functional groups attached to an aromatic ring is 1. The number of hydrogen-bond donors (Lipinski definition) is 1. The zero-order valence-electron chi connectivity index (χ0n) is 23.2. The van der Waals surface area contributed by atoms with E-state index in [4.69, 9.17) is 19.9 Å². The summed E-state index contributed by atoms with van der Waals surface area (Å²) < 4.78 is 51.3. The van der Waals surface area contributed by atoms with Gasteiger partial charge < -0.3 is 19.9 Å². The number of aromatic nitrogens is 2. The van der Waals surface area contributed by atoms with Crippen LogP contribution in [0.25, 0.3) is 32.2 Å². The van der Waals surface area contributed by atoms with Crippen LogP contribution < -0.4 is 20.8 Å². The number of thiophene rings is 1. The van der Waals surface area contributed by atoms with Crippen LogP contribution in [0.2, 0.25) is 0 Å². The second-order valence-electron chi connectivity index (χ2n) is 11.3. The van der Waals surface area contributed by atoms with Crippen molar-refractivity contribution in [1.82, 2.24) is 14.5 Å². The van der Waals surface area contributed by atoms with Crippen molar-refractivity contribution in [3.05, 3.63) is 45.8 Å². The van der Waals surface area contributed by atoms with Crippen molar-refractivity contribution in [2.45, 2.75) is 44.4 Å². The number of rotatable bonds is 5. The molecule has 218 valence electrons. The topological polar surface area (TPSA) is 116 Å². The number of likely N-dealkylation sites (tertiary alicyclic amines) is 1. The lowest BCUT2D eigenvalue weighted by atomic mass is 9.95. The fourth-order valence-electron chi connectivity index (χ4n) is 6.76. The van der Waals surface area contributed by atoms with Gasteiger partial charge in [-0.15, -0.1) is 11.3 Å². The summed E-state index contributed by atoms with van der Waals surface area (Å²) >= 11 is 0.939. The van der Waals surface area contributed by atoms with Crippen molar-refractivity contribution >= 4 is 37.5 Å². The van der Waals surface area contributed by atoms with Gasteiger partial charge in [-0.05, 0) is 57.5 Å². The van der Waals surface area contributed by atoms with Gasteiger partial charge in [0.15, 0.2) is 5.82 Å². The first-order valence-corrected chi connectivity index (χ1v) is 14.9. The summed E-state index contributed by atoms with van der Waals surface area (Å²) in [7, 11) is 2.02. The van der Waals surface area contributed by atoms with Crippen molar-refractivity contribution < 1.29 is 23.0 Å². The Kier molecular flexibility index (Phi) is 6.56. The Hall–Kier alpha value is -3.79. The molecule has 3 aliphatic rings. The molecule has 9 nitrogen and oxygen atoms in total. The molecule has 0 spiro atoms. The summed E-state index contributed by atoms with van der Waals surface area (Å²) in [6.45, 7) is 4.05. The van der Waals surface area contributed by atoms with Crippen LogP contribution in [-0.2, 0) is 4.74 Å². The van der Waals surface area contributed by atoms with Crippen molar-refractivity contribution in [2.75, 3.05) is 39.1 Å². The SMILES string of the molecule is C[C@H](Oc1nc2c(F)c(-c3ccc(F)c4sc(N)c(C#N)c34)cc3c2n(c1=O)C(C1CCOC1)CO3)[C@@H]1CCCN1C. The molecule has 3 aliphatic heterocycles. The van der Waals surface area contributed by atoms with Gasteiger partial charge >= 0.3 is 5.56 Å². The monoisotopic (exact) mass is 593 g/mol. The molecule has 12 heteroatoms. The largest absolute Gasteiger partial charge is 0.489 e. The van der Waals surface area contributed by atoms with E-state index in [1.807, 2.05) is 20.0 Å². The maximum atomic E-state index is 16.7.